The quantitative estimate of drug-likeness (QED) is 0.576. The molecule has 0 spiro atoms. The summed E-state index contributed by atoms with van der Waals surface area (Å²) >= 11 is 1.14. The lowest BCUT2D eigenvalue weighted by molar-refractivity contribution is -0.133. The first-order valence-electron chi connectivity index (χ1n) is 8.30. The molecule has 7 nitrogen and oxygen atoms in total. The number of aromatic nitrogens is 3. The van der Waals surface area contributed by atoms with Gasteiger partial charge >= 0.3 is 5.97 Å². The zero-order valence-corrected chi connectivity index (χ0v) is 15.9. The molecule has 0 aliphatic carbocycles. The van der Waals surface area contributed by atoms with Crippen molar-refractivity contribution in [1.29, 1.82) is 0 Å². The zero-order chi connectivity index (χ0) is 19.2. The van der Waals surface area contributed by atoms with Gasteiger partial charge in [-0.1, -0.05) is 29.5 Å². The van der Waals surface area contributed by atoms with E-state index in [0.717, 1.165) is 28.9 Å². The molecule has 0 saturated carbocycles. The molecule has 0 bridgehead atoms. The van der Waals surface area contributed by atoms with Gasteiger partial charge < -0.3 is 15.2 Å². The number of carbonyl (C=O) groups is 1. The van der Waals surface area contributed by atoms with Gasteiger partial charge in [0, 0.05) is 11.4 Å². The van der Waals surface area contributed by atoms with Crippen molar-refractivity contribution in [3.05, 3.63) is 59.9 Å². The SMILES string of the molecule is COc1ccc(-n2c(CNc3ccc(C)cc3)nnc2SCC(=O)O)cc1. The molecule has 8 heteroatoms. The molecule has 140 valence electrons. The lowest BCUT2D eigenvalue weighted by Crippen LogP contribution is -2.09. The van der Waals surface area contributed by atoms with Crippen molar-refractivity contribution < 1.29 is 14.6 Å². The first-order chi connectivity index (χ1) is 13.1. The molecule has 1 aromatic heterocycles. The standard InChI is InChI=1S/C19H20N4O3S/c1-13-3-5-14(6-4-13)20-11-17-21-22-19(27-12-18(24)25)23(17)15-7-9-16(26-2)10-8-15/h3-10,20H,11-12H2,1-2H3,(H,24,25). The summed E-state index contributed by atoms with van der Waals surface area (Å²) in [7, 11) is 1.61. The number of aryl methyl sites for hydroxylation is 1. The Morgan fingerprint density at radius 1 is 1.15 bits per heavy atom. The summed E-state index contributed by atoms with van der Waals surface area (Å²) in [5.41, 5.74) is 3.01. The number of benzene rings is 2. The Balaban J connectivity index is 1.87. The molecule has 2 aromatic carbocycles. The summed E-state index contributed by atoms with van der Waals surface area (Å²) in [6.45, 7) is 2.49. The van der Waals surface area contributed by atoms with Crippen molar-refractivity contribution in [2.75, 3.05) is 18.2 Å². The van der Waals surface area contributed by atoms with Crippen molar-refractivity contribution in [2.24, 2.45) is 0 Å². The van der Waals surface area contributed by atoms with Gasteiger partial charge in [0.05, 0.1) is 19.4 Å². The number of hydrogen-bond donors (Lipinski definition) is 2. The molecule has 0 aliphatic heterocycles. The number of carboxylic acid groups (broad SMARTS) is 1. The van der Waals surface area contributed by atoms with Gasteiger partial charge in [0.1, 0.15) is 5.75 Å². The minimum atomic E-state index is -0.899. The van der Waals surface area contributed by atoms with Gasteiger partial charge in [-0.2, -0.15) is 0 Å². The number of hydrogen-bond acceptors (Lipinski definition) is 6. The van der Waals surface area contributed by atoms with Crippen molar-refractivity contribution in [1.82, 2.24) is 14.8 Å². The molecule has 0 aliphatic rings. The molecule has 0 amide bonds. The number of thioether (sulfide) groups is 1. The van der Waals surface area contributed by atoms with Gasteiger partial charge in [-0.25, -0.2) is 0 Å². The van der Waals surface area contributed by atoms with E-state index in [1.165, 1.54) is 5.56 Å². The molecule has 0 atom stereocenters. The Hall–Kier alpha value is -3.00. The topological polar surface area (TPSA) is 89.3 Å². The highest BCUT2D eigenvalue weighted by molar-refractivity contribution is 7.99. The highest BCUT2D eigenvalue weighted by atomic mass is 32.2. The molecule has 2 N–H and O–H groups in total. The van der Waals surface area contributed by atoms with E-state index in [9.17, 15) is 4.79 Å². The van der Waals surface area contributed by atoms with Crippen LogP contribution >= 0.6 is 11.8 Å². The number of nitrogens with zero attached hydrogens (tertiary/aromatic N) is 3. The van der Waals surface area contributed by atoms with E-state index in [1.807, 2.05) is 60.0 Å². The molecule has 0 radical (unpaired) electrons. The van der Waals surface area contributed by atoms with E-state index >= 15 is 0 Å². The molecular formula is C19H20N4O3S. The van der Waals surface area contributed by atoms with Gasteiger partial charge in [-0.15, -0.1) is 10.2 Å². The smallest absolute Gasteiger partial charge is 0.313 e. The third-order valence-corrected chi connectivity index (χ3v) is 4.77. The fraction of sp³-hybridized carbons (Fsp3) is 0.211. The zero-order valence-electron chi connectivity index (χ0n) is 15.0. The van der Waals surface area contributed by atoms with Crippen LogP contribution < -0.4 is 10.1 Å². The number of carboxylic acids is 1. The van der Waals surface area contributed by atoms with Gasteiger partial charge in [0.15, 0.2) is 11.0 Å². The van der Waals surface area contributed by atoms with Gasteiger partial charge in [-0.3, -0.25) is 9.36 Å². The number of methoxy groups -OCH3 is 1. The number of aliphatic carboxylic acids is 1. The van der Waals surface area contributed by atoms with Gasteiger partial charge in [0.25, 0.3) is 0 Å². The molecule has 0 saturated heterocycles. The van der Waals surface area contributed by atoms with E-state index in [0.29, 0.717) is 17.5 Å². The maximum atomic E-state index is 10.9. The summed E-state index contributed by atoms with van der Waals surface area (Å²) in [5.74, 6) is 0.447. The lowest BCUT2D eigenvalue weighted by Gasteiger charge is -2.12. The number of rotatable bonds is 8. The largest absolute Gasteiger partial charge is 0.497 e. The fourth-order valence-corrected chi connectivity index (χ4v) is 3.17. The predicted molar refractivity (Wildman–Crippen MR) is 105 cm³/mol. The second-order valence-electron chi connectivity index (χ2n) is 5.83. The highest BCUT2D eigenvalue weighted by Gasteiger charge is 2.15. The van der Waals surface area contributed by atoms with E-state index in [4.69, 9.17) is 9.84 Å². The second-order valence-corrected chi connectivity index (χ2v) is 6.78. The molecule has 0 unspecified atom stereocenters. The van der Waals surface area contributed by atoms with Crippen molar-refractivity contribution in [2.45, 2.75) is 18.6 Å². The minimum absolute atomic E-state index is 0.0837. The van der Waals surface area contributed by atoms with Crippen LogP contribution in [0, 0.1) is 6.92 Å². The van der Waals surface area contributed by atoms with Crippen LogP contribution in [-0.2, 0) is 11.3 Å². The van der Waals surface area contributed by atoms with Crippen molar-refractivity contribution >= 4 is 23.4 Å². The van der Waals surface area contributed by atoms with Crippen molar-refractivity contribution in [3.8, 4) is 11.4 Å². The van der Waals surface area contributed by atoms with Crippen LogP contribution in [-0.4, -0.2) is 38.7 Å². The second kappa shape index (κ2) is 8.59. The van der Waals surface area contributed by atoms with E-state index in [-0.39, 0.29) is 5.75 Å². The molecule has 27 heavy (non-hydrogen) atoms. The third kappa shape index (κ3) is 4.79. The first kappa shape index (κ1) is 18.8. The van der Waals surface area contributed by atoms with E-state index < -0.39 is 5.97 Å². The van der Waals surface area contributed by atoms with E-state index in [1.54, 1.807) is 7.11 Å². The summed E-state index contributed by atoms with van der Waals surface area (Å²) in [6, 6.07) is 15.5. The van der Waals surface area contributed by atoms with E-state index in [2.05, 4.69) is 15.5 Å². The maximum Gasteiger partial charge on any atom is 0.313 e. The normalized spacial score (nSPS) is 10.6. The molecule has 1 heterocycles. The minimum Gasteiger partial charge on any atom is -0.497 e. The van der Waals surface area contributed by atoms with Crippen LogP contribution in [0.15, 0.2) is 53.7 Å². The number of anilines is 1. The molecular weight excluding hydrogens is 364 g/mol. The Kier molecular flexibility index (Phi) is 5.97. The number of ether oxygens (including phenoxy) is 1. The maximum absolute atomic E-state index is 10.9. The van der Waals surface area contributed by atoms with Crippen molar-refractivity contribution in [3.63, 3.8) is 0 Å². The Bertz CT molecular complexity index is 908. The van der Waals surface area contributed by atoms with Crippen LogP contribution in [0.25, 0.3) is 5.69 Å². The lowest BCUT2D eigenvalue weighted by atomic mass is 10.2. The average molecular weight is 384 g/mol. The van der Waals surface area contributed by atoms with Crippen LogP contribution in [0.2, 0.25) is 0 Å². The van der Waals surface area contributed by atoms with Crippen LogP contribution in [0.4, 0.5) is 5.69 Å². The Morgan fingerprint density at radius 2 is 1.85 bits per heavy atom. The highest BCUT2D eigenvalue weighted by Crippen LogP contribution is 2.24. The number of nitrogens with one attached hydrogen (secondary N) is 1. The third-order valence-electron chi connectivity index (χ3n) is 3.86. The van der Waals surface area contributed by atoms with Gasteiger partial charge in [0.2, 0.25) is 0 Å². The molecule has 3 rings (SSSR count). The first-order valence-corrected chi connectivity index (χ1v) is 9.29. The summed E-state index contributed by atoms with van der Waals surface area (Å²) in [4.78, 5) is 10.9. The summed E-state index contributed by atoms with van der Waals surface area (Å²) in [6.07, 6.45) is 0. The Morgan fingerprint density at radius 3 is 2.48 bits per heavy atom. The van der Waals surface area contributed by atoms with Gasteiger partial charge in [-0.05, 0) is 43.3 Å². The van der Waals surface area contributed by atoms with Crippen LogP contribution in [0.1, 0.15) is 11.4 Å². The van der Waals surface area contributed by atoms with Crippen LogP contribution in [0.3, 0.4) is 0 Å². The summed E-state index contributed by atoms with van der Waals surface area (Å²) in [5, 5.41) is 21.3. The molecule has 0 fully saturated rings. The fourth-order valence-electron chi connectivity index (χ4n) is 2.48. The average Bonchev–Trinajstić information content (AvgIpc) is 3.09. The predicted octanol–water partition coefficient (Wildman–Crippen LogP) is 3.37. The monoisotopic (exact) mass is 384 g/mol. The molecule has 3 aromatic rings. The Labute approximate surface area is 161 Å². The summed E-state index contributed by atoms with van der Waals surface area (Å²) < 4.78 is 7.06. The van der Waals surface area contributed by atoms with Crippen LogP contribution in [0.5, 0.6) is 5.75 Å².